The molecule has 19 heavy (non-hydrogen) atoms. The molecule has 2 amide bonds. The van der Waals surface area contributed by atoms with Crippen molar-refractivity contribution < 1.29 is 9.59 Å². The number of rotatable bonds is 1. The van der Waals surface area contributed by atoms with Gasteiger partial charge in [0.2, 0.25) is 11.8 Å². The summed E-state index contributed by atoms with van der Waals surface area (Å²) in [6.45, 7) is 0. The van der Waals surface area contributed by atoms with Crippen molar-refractivity contribution >= 4 is 23.2 Å². The SMILES string of the molecule is CN1N=C(c2ccc3c(c2)CC(=O)N3C)CCC1=O. The van der Waals surface area contributed by atoms with E-state index in [9.17, 15) is 9.59 Å². The third-order valence-corrected chi connectivity index (χ3v) is 3.70. The Bertz CT molecular complexity index is 607. The third kappa shape index (κ3) is 1.91. The first-order valence-corrected chi connectivity index (χ1v) is 6.30. The molecule has 0 aliphatic carbocycles. The van der Waals surface area contributed by atoms with Gasteiger partial charge in [-0.1, -0.05) is 6.07 Å². The van der Waals surface area contributed by atoms with Crippen molar-refractivity contribution in [3.05, 3.63) is 29.3 Å². The van der Waals surface area contributed by atoms with Crippen molar-refractivity contribution in [2.24, 2.45) is 5.10 Å². The molecular weight excluding hydrogens is 242 g/mol. The molecule has 2 aliphatic heterocycles. The van der Waals surface area contributed by atoms with Crippen LogP contribution in [0.3, 0.4) is 0 Å². The molecule has 0 saturated heterocycles. The first-order valence-electron chi connectivity index (χ1n) is 6.30. The lowest BCUT2D eigenvalue weighted by molar-refractivity contribution is -0.130. The Labute approximate surface area is 111 Å². The van der Waals surface area contributed by atoms with Gasteiger partial charge in [0, 0.05) is 32.6 Å². The Morgan fingerprint density at radius 2 is 1.89 bits per heavy atom. The van der Waals surface area contributed by atoms with Gasteiger partial charge in [-0.2, -0.15) is 5.10 Å². The number of amides is 2. The van der Waals surface area contributed by atoms with Crippen LogP contribution in [0.25, 0.3) is 0 Å². The molecule has 5 heteroatoms. The third-order valence-electron chi connectivity index (χ3n) is 3.70. The number of hydrogen-bond donors (Lipinski definition) is 0. The summed E-state index contributed by atoms with van der Waals surface area (Å²) in [6, 6.07) is 5.93. The second-order valence-corrected chi connectivity index (χ2v) is 4.94. The van der Waals surface area contributed by atoms with Gasteiger partial charge in [0.1, 0.15) is 0 Å². The summed E-state index contributed by atoms with van der Waals surface area (Å²) < 4.78 is 0. The summed E-state index contributed by atoms with van der Waals surface area (Å²) in [5, 5.41) is 5.69. The molecule has 0 bridgehead atoms. The summed E-state index contributed by atoms with van der Waals surface area (Å²) in [7, 11) is 3.46. The maximum absolute atomic E-state index is 11.7. The van der Waals surface area contributed by atoms with Crippen molar-refractivity contribution in [3.63, 3.8) is 0 Å². The first kappa shape index (κ1) is 11.9. The molecule has 0 aromatic heterocycles. The second kappa shape index (κ2) is 4.19. The van der Waals surface area contributed by atoms with Gasteiger partial charge in [-0.25, -0.2) is 5.01 Å². The number of benzene rings is 1. The van der Waals surface area contributed by atoms with E-state index in [2.05, 4.69) is 5.10 Å². The lowest BCUT2D eigenvalue weighted by Gasteiger charge is -2.20. The molecular formula is C14H15N3O2. The highest BCUT2D eigenvalue weighted by Gasteiger charge is 2.25. The molecule has 1 aromatic rings. The molecule has 0 N–H and O–H groups in total. The molecule has 0 atom stereocenters. The molecule has 5 nitrogen and oxygen atoms in total. The monoisotopic (exact) mass is 257 g/mol. The predicted molar refractivity (Wildman–Crippen MR) is 72.1 cm³/mol. The maximum atomic E-state index is 11.7. The number of nitrogens with zero attached hydrogens (tertiary/aromatic N) is 3. The minimum atomic E-state index is 0.0415. The average molecular weight is 257 g/mol. The van der Waals surface area contributed by atoms with Crippen molar-refractivity contribution in [1.29, 1.82) is 0 Å². The normalized spacial score (nSPS) is 18.7. The molecule has 0 fully saturated rings. The number of carbonyl (C=O) groups is 2. The molecule has 0 radical (unpaired) electrons. The van der Waals surface area contributed by atoms with Gasteiger partial charge in [0.15, 0.2) is 0 Å². The highest BCUT2D eigenvalue weighted by Crippen LogP contribution is 2.29. The van der Waals surface area contributed by atoms with Crippen LogP contribution in [0.1, 0.15) is 24.0 Å². The molecule has 2 heterocycles. The van der Waals surface area contributed by atoms with E-state index in [1.807, 2.05) is 18.2 Å². The topological polar surface area (TPSA) is 53.0 Å². The smallest absolute Gasteiger partial charge is 0.242 e. The summed E-state index contributed by atoms with van der Waals surface area (Å²) in [5.41, 5.74) is 3.91. The van der Waals surface area contributed by atoms with Crippen LogP contribution in [0, 0.1) is 0 Å². The average Bonchev–Trinajstić information content (AvgIpc) is 2.68. The number of hydrazone groups is 1. The minimum absolute atomic E-state index is 0.0415. The van der Waals surface area contributed by atoms with Gasteiger partial charge in [-0.3, -0.25) is 9.59 Å². The van der Waals surface area contributed by atoms with Gasteiger partial charge in [0.05, 0.1) is 12.1 Å². The molecule has 98 valence electrons. The van der Waals surface area contributed by atoms with E-state index in [-0.39, 0.29) is 11.8 Å². The van der Waals surface area contributed by atoms with E-state index in [4.69, 9.17) is 0 Å². The Hall–Kier alpha value is -2.17. The van der Waals surface area contributed by atoms with Crippen LogP contribution in [0.5, 0.6) is 0 Å². The first-order chi connectivity index (χ1) is 9.06. The van der Waals surface area contributed by atoms with Crippen LogP contribution in [-0.4, -0.2) is 36.6 Å². The maximum Gasteiger partial charge on any atom is 0.242 e. The van der Waals surface area contributed by atoms with Crippen LogP contribution < -0.4 is 4.90 Å². The number of carbonyl (C=O) groups excluding carboxylic acids is 2. The van der Waals surface area contributed by atoms with E-state index in [0.29, 0.717) is 19.3 Å². The van der Waals surface area contributed by atoms with E-state index < -0.39 is 0 Å². The zero-order valence-electron chi connectivity index (χ0n) is 11.0. The standard InChI is InChI=1S/C14H15N3O2/c1-16-12-5-3-9(7-10(12)8-14(16)19)11-4-6-13(18)17(2)15-11/h3,5,7H,4,6,8H2,1-2H3. The molecule has 0 spiro atoms. The highest BCUT2D eigenvalue weighted by atomic mass is 16.2. The summed E-state index contributed by atoms with van der Waals surface area (Å²) in [6.07, 6.45) is 1.60. The minimum Gasteiger partial charge on any atom is -0.315 e. The number of anilines is 1. The van der Waals surface area contributed by atoms with Crippen molar-refractivity contribution in [2.75, 3.05) is 19.0 Å². The zero-order chi connectivity index (χ0) is 13.6. The molecule has 0 unspecified atom stereocenters. The van der Waals surface area contributed by atoms with E-state index >= 15 is 0 Å². The Morgan fingerprint density at radius 3 is 2.63 bits per heavy atom. The summed E-state index contributed by atoms with van der Waals surface area (Å²) in [5.74, 6) is 0.157. The van der Waals surface area contributed by atoms with Crippen molar-refractivity contribution in [2.45, 2.75) is 19.3 Å². The second-order valence-electron chi connectivity index (χ2n) is 4.94. The Balaban J connectivity index is 1.96. The van der Waals surface area contributed by atoms with Crippen LogP contribution in [0.4, 0.5) is 5.69 Å². The fourth-order valence-corrected chi connectivity index (χ4v) is 2.53. The van der Waals surface area contributed by atoms with Gasteiger partial charge < -0.3 is 4.90 Å². The van der Waals surface area contributed by atoms with Crippen molar-refractivity contribution in [3.8, 4) is 0 Å². The van der Waals surface area contributed by atoms with Crippen LogP contribution in [0.15, 0.2) is 23.3 Å². The number of fused-ring (bicyclic) bond motifs is 1. The van der Waals surface area contributed by atoms with E-state index in [1.165, 1.54) is 5.01 Å². The largest absolute Gasteiger partial charge is 0.315 e. The fraction of sp³-hybridized carbons (Fsp3) is 0.357. The summed E-state index contributed by atoms with van der Waals surface area (Å²) in [4.78, 5) is 24.7. The fourth-order valence-electron chi connectivity index (χ4n) is 2.53. The predicted octanol–water partition coefficient (Wildman–Crippen LogP) is 1.16. The lowest BCUT2D eigenvalue weighted by Crippen LogP contribution is -2.28. The van der Waals surface area contributed by atoms with Crippen molar-refractivity contribution in [1.82, 2.24) is 5.01 Å². The van der Waals surface area contributed by atoms with Crippen LogP contribution >= 0.6 is 0 Å². The Morgan fingerprint density at radius 1 is 1.11 bits per heavy atom. The van der Waals surface area contributed by atoms with E-state index in [1.54, 1.807) is 19.0 Å². The number of likely N-dealkylation sites (N-methyl/N-ethyl adjacent to an activating group) is 1. The molecule has 3 rings (SSSR count). The van der Waals surface area contributed by atoms with Crippen LogP contribution in [-0.2, 0) is 16.0 Å². The quantitative estimate of drug-likeness (QED) is 0.758. The summed E-state index contributed by atoms with van der Waals surface area (Å²) >= 11 is 0. The highest BCUT2D eigenvalue weighted by molar-refractivity contribution is 6.06. The number of hydrogen-bond acceptors (Lipinski definition) is 3. The Kier molecular flexibility index (Phi) is 2.62. The lowest BCUT2D eigenvalue weighted by atomic mass is 10.0. The van der Waals surface area contributed by atoms with Crippen LogP contribution in [0.2, 0.25) is 0 Å². The van der Waals surface area contributed by atoms with Gasteiger partial charge in [0.25, 0.3) is 0 Å². The van der Waals surface area contributed by atoms with E-state index in [0.717, 1.165) is 22.5 Å². The molecule has 0 saturated carbocycles. The van der Waals surface area contributed by atoms with Gasteiger partial charge >= 0.3 is 0 Å². The molecule has 2 aliphatic rings. The van der Waals surface area contributed by atoms with Gasteiger partial charge in [-0.05, 0) is 23.3 Å². The van der Waals surface area contributed by atoms with Gasteiger partial charge in [-0.15, -0.1) is 0 Å². The molecule has 1 aromatic carbocycles. The zero-order valence-corrected chi connectivity index (χ0v) is 11.0.